The van der Waals surface area contributed by atoms with Crippen LogP contribution < -0.4 is 14.8 Å². The molecule has 0 aromatic carbocycles. The minimum Gasteiger partial charge on any atom is -0.307 e. The van der Waals surface area contributed by atoms with Crippen molar-refractivity contribution >= 4 is 10.2 Å². The molecule has 0 aliphatic heterocycles. The van der Waals surface area contributed by atoms with Gasteiger partial charge in [-0.15, -0.1) is 0 Å². The average molecular weight is 167 g/mol. The molecule has 0 fully saturated rings. The van der Waals surface area contributed by atoms with Crippen LogP contribution in [-0.4, -0.2) is 28.7 Å². The van der Waals surface area contributed by atoms with Gasteiger partial charge in [-0.3, -0.25) is 0 Å². The third-order valence-electron chi connectivity index (χ3n) is 0.773. The van der Waals surface area contributed by atoms with Crippen LogP contribution in [0.1, 0.15) is 6.92 Å². The SMILES string of the molecule is CCNS(=O)(=O)NCNC. The molecule has 3 N–H and O–H groups in total. The Bertz CT molecular complexity index is 165. The zero-order valence-electron chi connectivity index (χ0n) is 6.14. The summed E-state index contributed by atoms with van der Waals surface area (Å²) in [5.41, 5.74) is 0. The molecule has 0 heterocycles. The molecule has 0 saturated heterocycles. The van der Waals surface area contributed by atoms with Crippen molar-refractivity contribution in [3.8, 4) is 0 Å². The Hall–Kier alpha value is -0.170. The minimum absolute atomic E-state index is 0.245. The first-order valence-corrected chi connectivity index (χ1v) is 4.49. The van der Waals surface area contributed by atoms with E-state index in [0.717, 1.165) is 0 Å². The van der Waals surface area contributed by atoms with Crippen LogP contribution in [0.3, 0.4) is 0 Å². The van der Waals surface area contributed by atoms with E-state index < -0.39 is 10.2 Å². The molecule has 0 aliphatic carbocycles. The summed E-state index contributed by atoms with van der Waals surface area (Å²) in [5.74, 6) is 0. The van der Waals surface area contributed by atoms with E-state index in [9.17, 15) is 8.42 Å². The van der Waals surface area contributed by atoms with Crippen molar-refractivity contribution < 1.29 is 8.42 Å². The summed E-state index contributed by atoms with van der Waals surface area (Å²) in [5, 5.41) is 2.65. The van der Waals surface area contributed by atoms with Crippen LogP contribution >= 0.6 is 0 Å². The highest BCUT2D eigenvalue weighted by atomic mass is 32.2. The van der Waals surface area contributed by atoms with Crippen LogP contribution in [0.25, 0.3) is 0 Å². The van der Waals surface area contributed by atoms with Gasteiger partial charge in [0, 0.05) is 6.54 Å². The zero-order valence-corrected chi connectivity index (χ0v) is 6.96. The van der Waals surface area contributed by atoms with Gasteiger partial charge >= 0.3 is 0 Å². The lowest BCUT2D eigenvalue weighted by atomic mass is 10.8. The molecule has 5 nitrogen and oxygen atoms in total. The molecular weight excluding hydrogens is 154 g/mol. The molecule has 0 unspecified atom stereocenters. The van der Waals surface area contributed by atoms with E-state index in [2.05, 4.69) is 14.8 Å². The normalized spacial score (nSPS) is 11.8. The van der Waals surface area contributed by atoms with Gasteiger partial charge in [0.1, 0.15) is 0 Å². The van der Waals surface area contributed by atoms with Crippen molar-refractivity contribution in [2.45, 2.75) is 6.92 Å². The summed E-state index contributed by atoms with van der Waals surface area (Å²) in [6.07, 6.45) is 0. The topological polar surface area (TPSA) is 70.2 Å². The highest BCUT2D eigenvalue weighted by Gasteiger charge is 2.03. The maximum Gasteiger partial charge on any atom is 0.278 e. The number of rotatable bonds is 5. The molecule has 0 spiro atoms. The van der Waals surface area contributed by atoms with Crippen molar-refractivity contribution in [2.24, 2.45) is 0 Å². The van der Waals surface area contributed by atoms with E-state index in [0.29, 0.717) is 6.54 Å². The molecule has 0 aliphatic rings. The predicted molar refractivity (Wildman–Crippen MR) is 39.7 cm³/mol. The van der Waals surface area contributed by atoms with Gasteiger partial charge in [-0.2, -0.15) is 13.1 Å². The second-order valence-electron chi connectivity index (χ2n) is 1.68. The van der Waals surface area contributed by atoms with Gasteiger partial charge in [-0.1, -0.05) is 6.92 Å². The van der Waals surface area contributed by atoms with Gasteiger partial charge in [0.05, 0.1) is 6.67 Å². The fraction of sp³-hybridized carbons (Fsp3) is 1.00. The second kappa shape index (κ2) is 4.62. The van der Waals surface area contributed by atoms with E-state index in [1.54, 1.807) is 14.0 Å². The lowest BCUT2D eigenvalue weighted by Crippen LogP contribution is -2.40. The fourth-order valence-electron chi connectivity index (χ4n) is 0.408. The van der Waals surface area contributed by atoms with Gasteiger partial charge in [0.2, 0.25) is 0 Å². The maximum atomic E-state index is 10.7. The Morgan fingerprint density at radius 3 is 2.30 bits per heavy atom. The number of hydrogen-bond donors (Lipinski definition) is 3. The Morgan fingerprint density at radius 1 is 1.30 bits per heavy atom. The zero-order chi connectivity index (χ0) is 8.04. The third kappa shape index (κ3) is 4.68. The predicted octanol–water partition coefficient (Wildman–Crippen LogP) is -1.39. The van der Waals surface area contributed by atoms with Crippen molar-refractivity contribution in [2.75, 3.05) is 20.3 Å². The van der Waals surface area contributed by atoms with E-state index in [4.69, 9.17) is 0 Å². The van der Waals surface area contributed by atoms with Crippen molar-refractivity contribution in [1.29, 1.82) is 0 Å². The maximum absolute atomic E-state index is 10.7. The molecule has 62 valence electrons. The molecule has 0 bridgehead atoms. The quantitative estimate of drug-likeness (QED) is 0.441. The van der Waals surface area contributed by atoms with Crippen molar-refractivity contribution in [3.63, 3.8) is 0 Å². The number of hydrogen-bond acceptors (Lipinski definition) is 3. The second-order valence-corrected chi connectivity index (χ2v) is 3.26. The Kier molecular flexibility index (Phi) is 4.54. The van der Waals surface area contributed by atoms with E-state index >= 15 is 0 Å². The highest BCUT2D eigenvalue weighted by molar-refractivity contribution is 7.87. The summed E-state index contributed by atoms with van der Waals surface area (Å²) >= 11 is 0. The molecule has 0 rings (SSSR count). The fourth-order valence-corrected chi connectivity index (χ4v) is 1.22. The first kappa shape index (κ1) is 9.83. The van der Waals surface area contributed by atoms with E-state index in [1.807, 2.05) is 0 Å². The van der Waals surface area contributed by atoms with Crippen molar-refractivity contribution in [3.05, 3.63) is 0 Å². The summed E-state index contributed by atoms with van der Waals surface area (Å²) in [6.45, 7) is 2.37. The lowest BCUT2D eigenvalue weighted by Gasteiger charge is -2.04. The summed E-state index contributed by atoms with van der Waals surface area (Å²) in [6, 6.07) is 0. The lowest BCUT2D eigenvalue weighted by molar-refractivity contribution is 0.564. The van der Waals surface area contributed by atoms with Crippen LogP contribution in [0.4, 0.5) is 0 Å². The molecule has 6 heteroatoms. The number of nitrogens with one attached hydrogen (secondary N) is 3. The Balaban J connectivity index is 3.65. The Labute approximate surface area is 61.4 Å². The largest absolute Gasteiger partial charge is 0.307 e. The first-order chi connectivity index (χ1) is 4.62. The standard InChI is InChI=1S/C4H13N3O2S/c1-3-6-10(8,9)7-4-5-2/h5-7H,3-4H2,1-2H3. The van der Waals surface area contributed by atoms with Crippen LogP contribution in [0, 0.1) is 0 Å². The van der Waals surface area contributed by atoms with Crippen LogP contribution in [0.5, 0.6) is 0 Å². The van der Waals surface area contributed by atoms with Gasteiger partial charge in [0.25, 0.3) is 10.2 Å². The molecule has 0 radical (unpaired) electrons. The van der Waals surface area contributed by atoms with Crippen molar-refractivity contribution in [1.82, 2.24) is 14.8 Å². The third-order valence-corrected chi connectivity index (χ3v) is 1.97. The molecule has 10 heavy (non-hydrogen) atoms. The smallest absolute Gasteiger partial charge is 0.278 e. The molecule has 0 aromatic rings. The summed E-state index contributed by atoms with van der Waals surface area (Å²) in [4.78, 5) is 0. The summed E-state index contributed by atoms with van der Waals surface area (Å²) < 4.78 is 26.0. The molecular formula is C4H13N3O2S. The Morgan fingerprint density at radius 2 is 1.90 bits per heavy atom. The molecule has 0 aromatic heterocycles. The van der Waals surface area contributed by atoms with E-state index in [1.165, 1.54) is 0 Å². The van der Waals surface area contributed by atoms with Gasteiger partial charge in [0.15, 0.2) is 0 Å². The van der Waals surface area contributed by atoms with Gasteiger partial charge in [-0.05, 0) is 7.05 Å². The highest BCUT2D eigenvalue weighted by Crippen LogP contribution is 1.71. The molecule has 0 amide bonds. The van der Waals surface area contributed by atoms with Crippen LogP contribution in [0.15, 0.2) is 0 Å². The van der Waals surface area contributed by atoms with E-state index in [-0.39, 0.29) is 6.67 Å². The van der Waals surface area contributed by atoms with Gasteiger partial charge in [-0.25, -0.2) is 4.72 Å². The average Bonchev–Trinajstić information content (AvgIpc) is 1.84. The van der Waals surface area contributed by atoms with Crippen LogP contribution in [-0.2, 0) is 10.2 Å². The molecule has 0 atom stereocenters. The monoisotopic (exact) mass is 167 g/mol. The van der Waals surface area contributed by atoms with Crippen LogP contribution in [0.2, 0.25) is 0 Å². The molecule has 0 saturated carbocycles. The first-order valence-electron chi connectivity index (χ1n) is 3.01. The minimum atomic E-state index is -3.26. The van der Waals surface area contributed by atoms with Gasteiger partial charge < -0.3 is 5.32 Å². The summed E-state index contributed by atoms with van der Waals surface area (Å²) in [7, 11) is -1.60.